The van der Waals surface area contributed by atoms with E-state index < -0.39 is 12.6 Å². The van der Waals surface area contributed by atoms with E-state index in [2.05, 4.69) is 26.1 Å². The maximum atomic E-state index is 12.3. The molecule has 0 amide bonds. The zero-order chi connectivity index (χ0) is 14.6. The molecule has 0 saturated heterocycles. The fraction of sp³-hybridized carbons (Fsp3) is 1.00. The van der Waals surface area contributed by atoms with Crippen molar-refractivity contribution in [1.29, 1.82) is 0 Å². The molecule has 0 bridgehead atoms. The van der Waals surface area contributed by atoms with Crippen molar-refractivity contribution in [1.82, 2.24) is 10.2 Å². The average Bonchev–Trinajstić information content (AvgIpc) is 2.24. The summed E-state index contributed by atoms with van der Waals surface area (Å²) in [7, 11) is 1.83. The quantitative estimate of drug-likeness (QED) is 0.831. The molecule has 0 spiro atoms. The summed E-state index contributed by atoms with van der Waals surface area (Å²) < 4.78 is 37.0. The third kappa shape index (κ3) is 5.30. The lowest BCUT2D eigenvalue weighted by molar-refractivity contribution is -0.139. The Bertz CT molecular complexity index is 268. The normalized spacial score (nSPS) is 32.8. The fourth-order valence-electron chi connectivity index (χ4n) is 3.50. The summed E-state index contributed by atoms with van der Waals surface area (Å²) in [6.07, 6.45) is -2.63. The highest BCUT2D eigenvalue weighted by molar-refractivity contribution is 4.93. The van der Waals surface area contributed by atoms with E-state index in [-0.39, 0.29) is 12.6 Å². The van der Waals surface area contributed by atoms with Crippen LogP contribution >= 0.6 is 0 Å². The minimum atomic E-state index is -4.06. The van der Waals surface area contributed by atoms with Gasteiger partial charge in [0.15, 0.2) is 0 Å². The van der Waals surface area contributed by atoms with E-state index in [4.69, 9.17) is 0 Å². The number of nitrogens with zero attached hydrogens (tertiary/aromatic N) is 1. The van der Waals surface area contributed by atoms with Crippen LogP contribution in [0.4, 0.5) is 13.2 Å². The Morgan fingerprint density at radius 2 is 1.84 bits per heavy atom. The number of alkyl halides is 3. The van der Waals surface area contributed by atoms with Crippen LogP contribution in [0.2, 0.25) is 0 Å². The van der Waals surface area contributed by atoms with Gasteiger partial charge in [-0.05, 0) is 38.3 Å². The highest BCUT2D eigenvalue weighted by Gasteiger charge is 2.37. The number of nitrogens with one attached hydrogen (secondary N) is 1. The Morgan fingerprint density at radius 1 is 1.21 bits per heavy atom. The lowest BCUT2D eigenvalue weighted by atomic mass is 9.76. The van der Waals surface area contributed by atoms with Crippen LogP contribution in [0, 0.1) is 11.8 Å². The highest BCUT2D eigenvalue weighted by Crippen LogP contribution is 2.32. The summed E-state index contributed by atoms with van der Waals surface area (Å²) in [6, 6.07) is 0.514. The predicted octanol–water partition coefficient (Wildman–Crippen LogP) is 3.28. The summed E-state index contributed by atoms with van der Waals surface area (Å²) in [5.74, 6) is 1.08. The van der Waals surface area contributed by atoms with Crippen LogP contribution in [0.3, 0.4) is 0 Å². The van der Waals surface area contributed by atoms with Crippen LogP contribution in [-0.4, -0.2) is 43.3 Å². The largest absolute Gasteiger partial charge is 0.390 e. The van der Waals surface area contributed by atoms with Crippen molar-refractivity contribution in [3.63, 3.8) is 0 Å². The van der Waals surface area contributed by atoms with Crippen LogP contribution in [-0.2, 0) is 0 Å². The number of rotatable bonds is 5. The van der Waals surface area contributed by atoms with E-state index in [1.165, 1.54) is 0 Å². The second-order valence-electron chi connectivity index (χ2n) is 6.05. The van der Waals surface area contributed by atoms with Gasteiger partial charge in [0.2, 0.25) is 0 Å². The summed E-state index contributed by atoms with van der Waals surface area (Å²) in [5, 5.41) is 3.45. The van der Waals surface area contributed by atoms with Crippen LogP contribution in [0.1, 0.15) is 40.0 Å². The molecule has 0 heterocycles. The molecule has 2 nitrogen and oxygen atoms in total. The summed E-state index contributed by atoms with van der Waals surface area (Å²) in [6.45, 7) is 7.40. The summed E-state index contributed by atoms with van der Waals surface area (Å²) in [4.78, 5) is 1.90. The number of likely N-dealkylation sites (N-methyl/N-ethyl adjacent to an activating group) is 2. The van der Waals surface area contributed by atoms with Crippen LogP contribution in [0.15, 0.2) is 0 Å². The first-order valence-corrected chi connectivity index (χ1v) is 7.25. The van der Waals surface area contributed by atoms with Gasteiger partial charge in [0.25, 0.3) is 0 Å². The summed E-state index contributed by atoms with van der Waals surface area (Å²) >= 11 is 0. The van der Waals surface area contributed by atoms with Gasteiger partial charge in [-0.15, -0.1) is 0 Å². The Labute approximate surface area is 114 Å². The number of halogens is 3. The van der Waals surface area contributed by atoms with E-state index in [0.717, 1.165) is 19.4 Å². The SMILES string of the molecule is CCNC1CC(C)CC(C)C1N(C)CCC(F)(F)F. The Balaban J connectivity index is 2.64. The molecule has 1 saturated carbocycles. The molecule has 1 aliphatic carbocycles. The third-order valence-corrected chi connectivity index (χ3v) is 4.15. The molecule has 1 aliphatic rings. The smallest absolute Gasteiger partial charge is 0.313 e. The van der Waals surface area contributed by atoms with Gasteiger partial charge in [-0.1, -0.05) is 20.8 Å². The topological polar surface area (TPSA) is 15.3 Å². The lowest BCUT2D eigenvalue weighted by Crippen LogP contribution is -2.55. The molecular weight excluding hydrogens is 253 g/mol. The zero-order valence-electron chi connectivity index (χ0n) is 12.4. The first kappa shape index (κ1) is 16.8. The Hall–Kier alpha value is -0.290. The molecule has 0 aromatic heterocycles. The average molecular weight is 280 g/mol. The van der Waals surface area contributed by atoms with Crippen LogP contribution in [0.5, 0.6) is 0 Å². The van der Waals surface area contributed by atoms with Gasteiger partial charge in [0.05, 0.1) is 6.42 Å². The van der Waals surface area contributed by atoms with E-state index in [1.54, 1.807) is 0 Å². The highest BCUT2D eigenvalue weighted by atomic mass is 19.4. The minimum absolute atomic E-state index is 0.0920. The molecule has 114 valence electrons. The van der Waals surface area contributed by atoms with Gasteiger partial charge in [0, 0.05) is 18.6 Å². The fourth-order valence-corrected chi connectivity index (χ4v) is 3.50. The molecule has 4 atom stereocenters. The van der Waals surface area contributed by atoms with E-state index in [1.807, 2.05) is 11.9 Å². The molecule has 1 rings (SSSR count). The van der Waals surface area contributed by atoms with Gasteiger partial charge in [-0.3, -0.25) is 0 Å². The lowest BCUT2D eigenvalue weighted by Gasteiger charge is -2.45. The standard InChI is InChI=1S/C14H27F3N2/c1-5-18-12-9-10(2)8-11(3)13(12)19(4)7-6-14(15,16)17/h10-13,18H,5-9H2,1-4H3. The summed E-state index contributed by atoms with van der Waals surface area (Å²) in [5.41, 5.74) is 0. The van der Waals surface area contributed by atoms with E-state index >= 15 is 0 Å². The predicted molar refractivity (Wildman–Crippen MR) is 72.1 cm³/mol. The van der Waals surface area contributed by atoms with Gasteiger partial charge >= 0.3 is 6.18 Å². The molecule has 5 heteroatoms. The first-order valence-electron chi connectivity index (χ1n) is 7.25. The van der Waals surface area contributed by atoms with Crippen molar-refractivity contribution >= 4 is 0 Å². The molecule has 19 heavy (non-hydrogen) atoms. The molecule has 0 radical (unpaired) electrons. The number of hydrogen-bond donors (Lipinski definition) is 1. The molecule has 0 aromatic rings. The van der Waals surface area contributed by atoms with Crippen molar-refractivity contribution < 1.29 is 13.2 Å². The molecule has 4 unspecified atom stereocenters. The van der Waals surface area contributed by atoms with Crippen LogP contribution in [0.25, 0.3) is 0 Å². The number of hydrogen-bond acceptors (Lipinski definition) is 2. The van der Waals surface area contributed by atoms with Crippen LogP contribution < -0.4 is 5.32 Å². The maximum absolute atomic E-state index is 12.3. The minimum Gasteiger partial charge on any atom is -0.313 e. The molecule has 0 aliphatic heterocycles. The van der Waals surface area contributed by atoms with Gasteiger partial charge in [0.1, 0.15) is 0 Å². The van der Waals surface area contributed by atoms with Crippen molar-refractivity contribution in [3.8, 4) is 0 Å². The monoisotopic (exact) mass is 280 g/mol. The Morgan fingerprint density at radius 3 is 2.37 bits per heavy atom. The van der Waals surface area contributed by atoms with Gasteiger partial charge < -0.3 is 10.2 Å². The molecule has 1 N–H and O–H groups in total. The zero-order valence-corrected chi connectivity index (χ0v) is 12.4. The second-order valence-corrected chi connectivity index (χ2v) is 6.05. The van der Waals surface area contributed by atoms with Gasteiger partial charge in [-0.25, -0.2) is 0 Å². The van der Waals surface area contributed by atoms with E-state index in [0.29, 0.717) is 17.9 Å². The van der Waals surface area contributed by atoms with Crippen molar-refractivity contribution in [2.24, 2.45) is 11.8 Å². The Kier molecular flexibility index (Phi) is 6.12. The second kappa shape index (κ2) is 6.93. The molecular formula is C14H27F3N2. The third-order valence-electron chi connectivity index (χ3n) is 4.15. The van der Waals surface area contributed by atoms with Crippen molar-refractivity contribution in [3.05, 3.63) is 0 Å². The molecule has 1 fully saturated rings. The first-order chi connectivity index (χ1) is 8.74. The van der Waals surface area contributed by atoms with Crippen molar-refractivity contribution in [2.45, 2.75) is 58.3 Å². The van der Waals surface area contributed by atoms with Gasteiger partial charge in [-0.2, -0.15) is 13.2 Å². The van der Waals surface area contributed by atoms with Crippen molar-refractivity contribution in [2.75, 3.05) is 20.1 Å². The molecule has 0 aromatic carbocycles. The maximum Gasteiger partial charge on any atom is 0.390 e. The van der Waals surface area contributed by atoms with E-state index in [9.17, 15) is 13.2 Å².